The van der Waals surface area contributed by atoms with Crippen LogP contribution in [0, 0.1) is 6.92 Å². The molecule has 0 fully saturated rings. The van der Waals surface area contributed by atoms with E-state index < -0.39 is 0 Å². The number of nitrogen functional groups attached to an aromatic ring is 1. The molecule has 5 heteroatoms. The number of anilines is 1. The van der Waals surface area contributed by atoms with Gasteiger partial charge in [0.25, 0.3) is 0 Å². The third-order valence-electron chi connectivity index (χ3n) is 2.89. The van der Waals surface area contributed by atoms with Crippen molar-refractivity contribution < 1.29 is 9.53 Å². The molecule has 0 spiro atoms. The van der Waals surface area contributed by atoms with Crippen molar-refractivity contribution in [3.8, 4) is 5.75 Å². The Labute approximate surface area is 122 Å². The molecule has 0 aliphatic heterocycles. The van der Waals surface area contributed by atoms with Crippen LogP contribution < -0.4 is 15.8 Å². The van der Waals surface area contributed by atoms with Crippen LogP contribution in [0.25, 0.3) is 0 Å². The Morgan fingerprint density at radius 1 is 1.40 bits per heavy atom. The Morgan fingerprint density at radius 3 is 2.95 bits per heavy atom. The molecule has 0 bridgehead atoms. The van der Waals surface area contributed by atoms with Gasteiger partial charge in [-0.15, -0.1) is 0 Å². The number of hydrogen-bond donors (Lipinski definition) is 2. The van der Waals surface area contributed by atoms with Crippen LogP contribution in [0.1, 0.15) is 17.5 Å². The van der Waals surface area contributed by atoms with Gasteiger partial charge in [0.2, 0.25) is 5.91 Å². The average Bonchev–Trinajstić information content (AvgIpc) is 2.82. The highest BCUT2D eigenvalue weighted by atomic mass is 32.1. The lowest BCUT2D eigenvalue weighted by Crippen LogP contribution is -2.24. The molecule has 0 saturated carbocycles. The zero-order valence-electron chi connectivity index (χ0n) is 11.4. The molecule has 0 saturated heterocycles. The minimum Gasteiger partial charge on any atom is -0.493 e. The third kappa shape index (κ3) is 4.28. The number of aryl methyl sites for hydroxylation is 1. The summed E-state index contributed by atoms with van der Waals surface area (Å²) in [4.78, 5) is 11.7. The minimum absolute atomic E-state index is 0.0143. The number of carbonyl (C=O) groups is 1. The lowest BCUT2D eigenvalue weighted by molar-refractivity contribution is -0.121. The summed E-state index contributed by atoms with van der Waals surface area (Å²) in [6.45, 7) is 2.96. The monoisotopic (exact) mass is 290 g/mol. The molecule has 1 aromatic heterocycles. The van der Waals surface area contributed by atoms with Crippen molar-refractivity contribution in [3.63, 3.8) is 0 Å². The van der Waals surface area contributed by atoms with Gasteiger partial charge in [0, 0.05) is 18.3 Å². The second kappa shape index (κ2) is 6.96. The molecule has 3 N–H and O–H groups in total. The Hall–Kier alpha value is -2.01. The first-order valence-electron chi connectivity index (χ1n) is 6.42. The highest BCUT2D eigenvalue weighted by molar-refractivity contribution is 7.08. The number of carbonyl (C=O) groups excluding carboxylic acids is 1. The van der Waals surface area contributed by atoms with E-state index in [1.54, 1.807) is 23.5 Å². The molecule has 1 amide bonds. The van der Waals surface area contributed by atoms with Gasteiger partial charge in [-0.25, -0.2) is 0 Å². The van der Waals surface area contributed by atoms with Crippen molar-refractivity contribution >= 4 is 22.9 Å². The third-order valence-corrected chi connectivity index (χ3v) is 3.80. The number of benzene rings is 1. The van der Waals surface area contributed by atoms with E-state index in [9.17, 15) is 4.79 Å². The molecule has 0 atom stereocenters. The minimum atomic E-state index is -0.0143. The molecular weight excluding hydrogens is 272 g/mol. The van der Waals surface area contributed by atoms with Gasteiger partial charge in [-0.05, 0) is 40.9 Å². The SMILES string of the molecule is Cc1cscc1CNC(=O)CCOc1cccc(N)c1. The molecule has 1 heterocycles. The Kier molecular flexibility index (Phi) is 5.01. The molecule has 2 aromatic rings. The summed E-state index contributed by atoms with van der Waals surface area (Å²) < 4.78 is 5.48. The van der Waals surface area contributed by atoms with Gasteiger partial charge in [0.05, 0.1) is 13.0 Å². The van der Waals surface area contributed by atoms with E-state index in [0.717, 1.165) is 0 Å². The normalized spacial score (nSPS) is 10.2. The first-order chi connectivity index (χ1) is 9.65. The molecule has 4 nitrogen and oxygen atoms in total. The van der Waals surface area contributed by atoms with E-state index >= 15 is 0 Å². The predicted octanol–water partition coefficient (Wildman–Crippen LogP) is 2.72. The summed E-state index contributed by atoms with van der Waals surface area (Å²) in [5.41, 5.74) is 8.68. The molecule has 0 aliphatic rings. The number of amides is 1. The highest BCUT2D eigenvalue weighted by Gasteiger charge is 2.04. The maximum atomic E-state index is 11.7. The van der Waals surface area contributed by atoms with Gasteiger partial charge in [-0.1, -0.05) is 6.07 Å². The van der Waals surface area contributed by atoms with Crippen LogP contribution in [0.15, 0.2) is 35.0 Å². The standard InChI is InChI=1S/C15H18N2O2S/c1-11-9-20-10-12(11)8-17-15(18)5-6-19-14-4-2-3-13(16)7-14/h2-4,7,9-10H,5-6,8,16H2,1H3,(H,17,18). The van der Waals surface area contributed by atoms with Crippen molar-refractivity contribution in [1.82, 2.24) is 5.32 Å². The summed E-state index contributed by atoms with van der Waals surface area (Å²) in [5, 5.41) is 7.01. The molecular formula is C15H18N2O2S. The van der Waals surface area contributed by atoms with E-state index in [1.165, 1.54) is 11.1 Å². The van der Waals surface area contributed by atoms with Crippen LogP contribution in [-0.2, 0) is 11.3 Å². The zero-order valence-corrected chi connectivity index (χ0v) is 12.2. The molecule has 1 aromatic carbocycles. The lowest BCUT2D eigenvalue weighted by Gasteiger charge is -2.07. The van der Waals surface area contributed by atoms with Gasteiger partial charge in [0.15, 0.2) is 0 Å². The first-order valence-corrected chi connectivity index (χ1v) is 7.36. The Balaban J connectivity index is 1.69. The zero-order chi connectivity index (χ0) is 14.4. The molecule has 20 heavy (non-hydrogen) atoms. The summed E-state index contributed by atoms with van der Waals surface area (Å²) >= 11 is 1.65. The van der Waals surface area contributed by atoms with Crippen LogP contribution in [-0.4, -0.2) is 12.5 Å². The summed E-state index contributed by atoms with van der Waals surface area (Å²) in [6.07, 6.45) is 0.331. The molecule has 0 radical (unpaired) electrons. The second-order valence-electron chi connectivity index (χ2n) is 4.53. The highest BCUT2D eigenvalue weighted by Crippen LogP contribution is 2.15. The van der Waals surface area contributed by atoms with E-state index in [0.29, 0.717) is 31.0 Å². The largest absolute Gasteiger partial charge is 0.493 e. The van der Waals surface area contributed by atoms with Crippen LogP contribution in [0.4, 0.5) is 5.69 Å². The fraction of sp³-hybridized carbons (Fsp3) is 0.267. The van der Waals surface area contributed by atoms with Crippen LogP contribution >= 0.6 is 11.3 Å². The number of thiophene rings is 1. The second-order valence-corrected chi connectivity index (χ2v) is 5.27. The number of nitrogens with one attached hydrogen (secondary N) is 1. The average molecular weight is 290 g/mol. The van der Waals surface area contributed by atoms with Crippen molar-refractivity contribution in [2.45, 2.75) is 19.9 Å². The van der Waals surface area contributed by atoms with E-state index in [2.05, 4.69) is 16.1 Å². The van der Waals surface area contributed by atoms with Gasteiger partial charge >= 0.3 is 0 Å². The molecule has 0 aliphatic carbocycles. The maximum absolute atomic E-state index is 11.7. The summed E-state index contributed by atoms with van der Waals surface area (Å²) in [7, 11) is 0. The lowest BCUT2D eigenvalue weighted by atomic mass is 10.2. The number of ether oxygens (including phenoxy) is 1. The van der Waals surface area contributed by atoms with Crippen LogP contribution in [0.5, 0.6) is 5.75 Å². The summed E-state index contributed by atoms with van der Waals surface area (Å²) in [6, 6.07) is 7.18. The first kappa shape index (κ1) is 14.4. The topological polar surface area (TPSA) is 64.3 Å². The van der Waals surface area contributed by atoms with Gasteiger partial charge < -0.3 is 15.8 Å². The van der Waals surface area contributed by atoms with Crippen molar-refractivity contribution in [1.29, 1.82) is 0 Å². The fourth-order valence-electron chi connectivity index (χ4n) is 1.72. The van der Waals surface area contributed by atoms with Crippen molar-refractivity contribution in [2.75, 3.05) is 12.3 Å². The molecule has 0 unspecified atom stereocenters. The van der Waals surface area contributed by atoms with E-state index in [-0.39, 0.29) is 5.91 Å². The van der Waals surface area contributed by atoms with Crippen molar-refractivity contribution in [3.05, 3.63) is 46.2 Å². The number of nitrogens with two attached hydrogens (primary N) is 1. The Bertz CT molecular complexity index is 581. The van der Waals surface area contributed by atoms with Crippen molar-refractivity contribution in [2.24, 2.45) is 0 Å². The Morgan fingerprint density at radius 2 is 2.25 bits per heavy atom. The van der Waals surface area contributed by atoms with Crippen LogP contribution in [0.2, 0.25) is 0 Å². The van der Waals surface area contributed by atoms with E-state index in [1.807, 2.05) is 19.1 Å². The van der Waals surface area contributed by atoms with E-state index in [4.69, 9.17) is 10.5 Å². The number of rotatable bonds is 6. The smallest absolute Gasteiger partial charge is 0.223 e. The molecule has 2 rings (SSSR count). The van der Waals surface area contributed by atoms with Gasteiger partial charge in [-0.3, -0.25) is 4.79 Å². The van der Waals surface area contributed by atoms with Gasteiger partial charge in [0.1, 0.15) is 5.75 Å². The summed E-state index contributed by atoms with van der Waals surface area (Å²) in [5.74, 6) is 0.672. The quantitative estimate of drug-likeness (QED) is 0.804. The molecule has 106 valence electrons. The number of hydrogen-bond acceptors (Lipinski definition) is 4. The van der Waals surface area contributed by atoms with Gasteiger partial charge in [-0.2, -0.15) is 11.3 Å². The van der Waals surface area contributed by atoms with Crippen LogP contribution in [0.3, 0.4) is 0 Å². The fourth-order valence-corrected chi connectivity index (χ4v) is 2.57. The predicted molar refractivity (Wildman–Crippen MR) is 81.9 cm³/mol. The maximum Gasteiger partial charge on any atom is 0.223 e.